The molecule has 90 valence electrons. The first-order chi connectivity index (χ1) is 7.74. The molecule has 0 N–H and O–H groups in total. The van der Waals surface area contributed by atoms with Crippen molar-refractivity contribution in [3.05, 3.63) is 11.6 Å². The van der Waals surface area contributed by atoms with Gasteiger partial charge in [0.15, 0.2) is 0 Å². The van der Waals surface area contributed by atoms with E-state index in [1.165, 1.54) is 32.1 Å². The van der Waals surface area contributed by atoms with E-state index in [-0.39, 0.29) is 5.25 Å². The Labute approximate surface area is 108 Å². The number of rotatable bonds is 3. The van der Waals surface area contributed by atoms with Crippen molar-refractivity contribution in [1.82, 2.24) is 14.8 Å². The second-order valence-corrected chi connectivity index (χ2v) is 5.45. The summed E-state index contributed by atoms with van der Waals surface area (Å²) in [5.74, 6) is 2.71. The fourth-order valence-corrected chi connectivity index (χ4v) is 2.82. The Hall–Kier alpha value is -0.160. The Kier molecular flexibility index (Phi) is 4.19. The number of nitrogens with zero attached hydrogens (tertiary/aromatic N) is 3. The zero-order chi connectivity index (χ0) is 11.5. The average Bonchev–Trinajstić information content (AvgIpc) is 2.71. The molecule has 0 aliphatic heterocycles. The van der Waals surface area contributed by atoms with Gasteiger partial charge in [-0.25, -0.2) is 0 Å². The monoisotopic (exact) mass is 257 g/mol. The van der Waals surface area contributed by atoms with E-state index in [2.05, 4.69) is 40.0 Å². The lowest BCUT2D eigenvalue weighted by Crippen LogP contribution is -2.18. The zero-order valence-electron chi connectivity index (χ0n) is 9.63. The molecule has 1 atom stereocenters. The number of hydrogen-bond donors (Lipinski definition) is 2. The van der Waals surface area contributed by atoms with E-state index in [1.54, 1.807) is 0 Å². The molecule has 1 aliphatic carbocycles. The van der Waals surface area contributed by atoms with Gasteiger partial charge in [-0.1, -0.05) is 19.3 Å². The minimum absolute atomic E-state index is 0.0893. The Balaban J connectivity index is 2.26. The highest BCUT2D eigenvalue weighted by atomic mass is 32.1. The van der Waals surface area contributed by atoms with E-state index in [4.69, 9.17) is 0 Å². The third kappa shape index (κ3) is 2.40. The highest BCUT2D eigenvalue weighted by molar-refractivity contribution is 7.84. The minimum Gasteiger partial charge on any atom is -0.311 e. The van der Waals surface area contributed by atoms with Gasteiger partial charge in [0.25, 0.3) is 0 Å². The van der Waals surface area contributed by atoms with Crippen molar-refractivity contribution in [3.63, 3.8) is 0 Å². The minimum atomic E-state index is 0.0893. The van der Waals surface area contributed by atoms with Gasteiger partial charge in [0.1, 0.15) is 11.6 Å². The van der Waals surface area contributed by atoms with Crippen LogP contribution in [0.15, 0.2) is 0 Å². The summed E-state index contributed by atoms with van der Waals surface area (Å²) in [4.78, 5) is 0. The Morgan fingerprint density at radius 1 is 1.31 bits per heavy atom. The predicted octanol–water partition coefficient (Wildman–Crippen LogP) is 2.99. The van der Waals surface area contributed by atoms with Crippen molar-refractivity contribution in [1.29, 1.82) is 0 Å². The average molecular weight is 257 g/mol. The van der Waals surface area contributed by atoms with Crippen LogP contribution in [-0.4, -0.2) is 20.5 Å². The summed E-state index contributed by atoms with van der Waals surface area (Å²) >= 11 is 8.81. The van der Waals surface area contributed by atoms with E-state index < -0.39 is 0 Å². The fraction of sp³-hybridized carbons (Fsp3) is 0.818. The van der Waals surface area contributed by atoms with Crippen molar-refractivity contribution >= 4 is 25.3 Å². The number of aromatic nitrogens is 3. The van der Waals surface area contributed by atoms with Crippen LogP contribution >= 0.6 is 25.3 Å². The molecule has 0 aromatic carbocycles. The smallest absolute Gasteiger partial charge is 0.146 e. The fourth-order valence-electron chi connectivity index (χ4n) is 2.49. The molecule has 0 spiro atoms. The molecular formula is C11H19N3S2. The van der Waals surface area contributed by atoms with Crippen LogP contribution in [0.1, 0.15) is 55.0 Å². The first-order valence-corrected chi connectivity index (χ1v) is 7.09. The third-order valence-corrected chi connectivity index (χ3v) is 4.37. The summed E-state index contributed by atoms with van der Waals surface area (Å²) < 4.78 is 2.28. The van der Waals surface area contributed by atoms with Crippen LogP contribution in [0.2, 0.25) is 0 Å². The van der Waals surface area contributed by atoms with Crippen molar-refractivity contribution in [2.75, 3.05) is 5.75 Å². The quantitative estimate of drug-likeness (QED) is 0.816. The van der Waals surface area contributed by atoms with Gasteiger partial charge in [-0.05, 0) is 19.8 Å². The van der Waals surface area contributed by atoms with Gasteiger partial charge in [0.2, 0.25) is 0 Å². The second kappa shape index (κ2) is 5.45. The summed E-state index contributed by atoms with van der Waals surface area (Å²) in [6.45, 7) is 2.03. The SMILES string of the molecule is Cc1nnc(C(S)CS)n1C1CCCCC1. The zero-order valence-corrected chi connectivity index (χ0v) is 11.4. The van der Waals surface area contributed by atoms with Crippen LogP contribution in [0.4, 0.5) is 0 Å². The van der Waals surface area contributed by atoms with E-state index in [1.807, 2.05) is 6.92 Å². The van der Waals surface area contributed by atoms with Crippen molar-refractivity contribution in [3.8, 4) is 0 Å². The van der Waals surface area contributed by atoms with Crippen LogP contribution in [0.25, 0.3) is 0 Å². The summed E-state index contributed by atoms with van der Waals surface area (Å²) in [5, 5.41) is 8.53. The molecule has 1 aromatic heterocycles. The van der Waals surface area contributed by atoms with Gasteiger partial charge in [-0.15, -0.1) is 10.2 Å². The van der Waals surface area contributed by atoms with Crippen LogP contribution < -0.4 is 0 Å². The van der Waals surface area contributed by atoms with E-state index in [0.29, 0.717) is 11.8 Å². The molecule has 3 nitrogen and oxygen atoms in total. The summed E-state index contributed by atoms with van der Waals surface area (Å²) in [6, 6.07) is 0.577. The Morgan fingerprint density at radius 3 is 2.62 bits per heavy atom. The lowest BCUT2D eigenvalue weighted by Gasteiger charge is -2.26. The van der Waals surface area contributed by atoms with Gasteiger partial charge in [0, 0.05) is 11.8 Å². The number of aryl methyl sites for hydroxylation is 1. The topological polar surface area (TPSA) is 30.7 Å². The van der Waals surface area contributed by atoms with Crippen LogP contribution in [0.3, 0.4) is 0 Å². The third-order valence-electron chi connectivity index (χ3n) is 3.30. The first kappa shape index (κ1) is 12.3. The van der Waals surface area contributed by atoms with Gasteiger partial charge >= 0.3 is 0 Å². The highest BCUT2D eigenvalue weighted by Crippen LogP contribution is 2.32. The maximum Gasteiger partial charge on any atom is 0.146 e. The lowest BCUT2D eigenvalue weighted by atomic mass is 9.95. The summed E-state index contributed by atoms with van der Waals surface area (Å²) in [7, 11) is 0. The molecule has 1 aliphatic rings. The van der Waals surface area contributed by atoms with Gasteiger partial charge in [-0.3, -0.25) is 0 Å². The predicted molar refractivity (Wildman–Crippen MR) is 72.5 cm³/mol. The van der Waals surface area contributed by atoms with Crippen molar-refractivity contribution < 1.29 is 0 Å². The molecule has 0 amide bonds. The standard InChI is InChI=1S/C11H19N3S2/c1-8-12-13-11(10(16)7-15)14(8)9-5-3-2-4-6-9/h9-10,15-16H,2-7H2,1H3. The number of thiol groups is 2. The maximum absolute atomic E-state index is 4.52. The normalized spacial score (nSPS) is 19.9. The van der Waals surface area contributed by atoms with Gasteiger partial charge in [-0.2, -0.15) is 25.3 Å². The molecule has 5 heteroatoms. The van der Waals surface area contributed by atoms with Crippen LogP contribution in [-0.2, 0) is 0 Å². The lowest BCUT2D eigenvalue weighted by molar-refractivity contribution is 0.341. The molecule has 0 bridgehead atoms. The Morgan fingerprint density at radius 2 is 2.00 bits per heavy atom. The van der Waals surface area contributed by atoms with E-state index >= 15 is 0 Å². The van der Waals surface area contributed by atoms with E-state index in [9.17, 15) is 0 Å². The van der Waals surface area contributed by atoms with Gasteiger partial charge < -0.3 is 4.57 Å². The molecular weight excluding hydrogens is 238 g/mol. The number of hydrogen-bond acceptors (Lipinski definition) is 4. The molecule has 1 saturated carbocycles. The van der Waals surface area contributed by atoms with E-state index in [0.717, 1.165) is 11.6 Å². The summed E-state index contributed by atoms with van der Waals surface area (Å²) in [6.07, 6.45) is 6.50. The molecule has 0 saturated heterocycles. The van der Waals surface area contributed by atoms with Crippen molar-refractivity contribution in [2.24, 2.45) is 0 Å². The second-order valence-electron chi connectivity index (χ2n) is 4.47. The van der Waals surface area contributed by atoms with Crippen LogP contribution in [0, 0.1) is 6.92 Å². The summed E-state index contributed by atoms with van der Waals surface area (Å²) in [5.41, 5.74) is 0. The highest BCUT2D eigenvalue weighted by Gasteiger charge is 2.23. The molecule has 1 aromatic rings. The van der Waals surface area contributed by atoms with Crippen molar-refractivity contribution in [2.45, 2.75) is 50.3 Å². The Bertz CT molecular complexity index is 345. The molecule has 1 heterocycles. The molecule has 1 unspecified atom stereocenters. The molecule has 16 heavy (non-hydrogen) atoms. The molecule has 1 fully saturated rings. The van der Waals surface area contributed by atoms with Crippen LogP contribution in [0.5, 0.6) is 0 Å². The maximum atomic E-state index is 4.52. The molecule has 2 rings (SSSR count). The molecule has 0 radical (unpaired) electrons. The largest absolute Gasteiger partial charge is 0.311 e. The first-order valence-electron chi connectivity index (χ1n) is 5.94. The van der Waals surface area contributed by atoms with Gasteiger partial charge in [0.05, 0.1) is 5.25 Å².